The normalized spacial score (nSPS) is 10.7. The monoisotopic (exact) mass is 417 g/mol. The van der Waals surface area contributed by atoms with E-state index in [0.717, 1.165) is 28.5 Å². The minimum absolute atomic E-state index is 0.112. The quantitative estimate of drug-likeness (QED) is 0.452. The van der Waals surface area contributed by atoms with E-state index < -0.39 is 0 Å². The van der Waals surface area contributed by atoms with E-state index in [2.05, 4.69) is 15.5 Å². The van der Waals surface area contributed by atoms with Crippen molar-refractivity contribution in [1.82, 2.24) is 10.2 Å². The second kappa shape index (κ2) is 9.03. The van der Waals surface area contributed by atoms with Crippen LogP contribution in [0.3, 0.4) is 0 Å². The van der Waals surface area contributed by atoms with Gasteiger partial charge in [-0.25, -0.2) is 4.79 Å². The van der Waals surface area contributed by atoms with Gasteiger partial charge in [0, 0.05) is 5.56 Å². The van der Waals surface area contributed by atoms with Crippen LogP contribution in [0.15, 0.2) is 40.0 Å². The molecule has 9 heteroatoms. The Bertz CT molecular complexity index is 997. The fraction of sp³-hybridized carbons (Fsp3) is 0.263. The molecule has 0 radical (unpaired) electrons. The number of anilines is 1. The summed E-state index contributed by atoms with van der Waals surface area (Å²) in [6.45, 7) is 5.85. The van der Waals surface area contributed by atoms with Gasteiger partial charge in [0.2, 0.25) is 11.8 Å². The van der Waals surface area contributed by atoms with Gasteiger partial charge in [0.1, 0.15) is 4.88 Å². The van der Waals surface area contributed by atoms with Crippen LogP contribution in [0.4, 0.5) is 5.00 Å². The number of rotatable bonds is 7. The number of nitrogens with one attached hydrogen (secondary N) is 1. The van der Waals surface area contributed by atoms with Crippen molar-refractivity contribution in [3.63, 3.8) is 0 Å². The van der Waals surface area contributed by atoms with Gasteiger partial charge in [-0.15, -0.1) is 21.5 Å². The Morgan fingerprint density at radius 2 is 2.07 bits per heavy atom. The van der Waals surface area contributed by atoms with Crippen LogP contribution < -0.4 is 5.32 Å². The Kier molecular flexibility index (Phi) is 6.48. The summed E-state index contributed by atoms with van der Waals surface area (Å²) in [4.78, 5) is 24.5. The molecule has 0 saturated carbocycles. The van der Waals surface area contributed by atoms with Crippen LogP contribution in [0, 0.1) is 13.8 Å². The van der Waals surface area contributed by atoms with Gasteiger partial charge in [0.05, 0.1) is 17.4 Å². The van der Waals surface area contributed by atoms with Crippen molar-refractivity contribution in [2.75, 3.05) is 17.7 Å². The summed E-state index contributed by atoms with van der Waals surface area (Å²) in [6, 6.07) is 9.50. The number of aryl methyl sites for hydroxylation is 2. The van der Waals surface area contributed by atoms with Gasteiger partial charge in [0.25, 0.3) is 5.22 Å². The third-order valence-corrected chi connectivity index (χ3v) is 5.59. The average Bonchev–Trinajstić information content (AvgIpc) is 3.27. The Labute approximate surface area is 170 Å². The van der Waals surface area contributed by atoms with Crippen molar-refractivity contribution >= 4 is 40.0 Å². The van der Waals surface area contributed by atoms with Gasteiger partial charge in [-0.05, 0) is 44.5 Å². The molecule has 1 amide bonds. The highest BCUT2D eigenvalue weighted by Crippen LogP contribution is 2.28. The zero-order chi connectivity index (χ0) is 20.1. The van der Waals surface area contributed by atoms with Crippen LogP contribution in [0.25, 0.3) is 11.5 Å². The Hall–Kier alpha value is -2.65. The number of benzene rings is 1. The number of esters is 1. The number of thiophene rings is 1. The number of carbonyl (C=O) groups excluding carboxylic acids is 2. The van der Waals surface area contributed by atoms with Crippen molar-refractivity contribution in [3.05, 3.63) is 46.3 Å². The summed E-state index contributed by atoms with van der Waals surface area (Å²) < 4.78 is 10.6. The first-order valence-corrected chi connectivity index (χ1v) is 10.4. The molecule has 146 valence electrons. The minimum atomic E-state index is -0.380. The van der Waals surface area contributed by atoms with Gasteiger partial charge in [-0.1, -0.05) is 29.5 Å². The molecule has 28 heavy (non-hydrogen) atoms. The lowest BCUT2D eigenvalue weighted by molar-refractivity contribution is -0.113. The first-order chi connectivity index (χ1) is 13.5. The summed E-state index contributed by atoms with van der Waals surface area (Å²) in [5.74, 6) is -0.0767. The maximum Gasteiger partial charge on any atom is 0.348 e. The molecule has 7 nitrogen and oxygen atoms in total. The number of aromatic nitrogens is 2. The topological polar surface area (TPSA) is 94.3 Å². The fourth-order valence-electron chi connectivity index (χ4n) is 2.41. The standard InChI is InChI=1S/C19H19N3O4S2/c1-4-25-18(24)16-12(3)9-15(28-16)20-14(23)10-27-19-22-21-17(26-19)13-7-5-6-11(2)8-13/h5-9H,4,10H2,1-3H3,(H,20,23). The summed E-state index contributed by atoms with van der Waals surface area (Å²) in [5.41, 5.74) is 2.70. The van der Waals surface area contributed by atoms with E-state index in [0.29, 0.717) is 27.6 Å². The molecule has 0 fully saturated rings. The number of ether oxygens (including phenoxy) is 1. The molecule has 1 aromatic carbocycles. The summed E-state index contributed by atoms with van der Waals surface area (Å²) in [5, 5.41) is 11.7. The largest absolute Gasteiger partial charge is 0.462 e. The predicted octanol–water partition coefficient (Wildman–Crippen LogP) is 4.32. The van der Waals surface area contributed by atoms with E-state index in [1.807, 2.05) is 31.2 Å². The van der Waals surface area contributed by atoms with Crippen LogP contribution in [0.1, 0.15) is 27.7 Å². The molecular formula is C19H19N3O4S2. The van der Waals surface area contributed by atoms with E-state index >= 15 is 0 Å². The number of amides is 1. The second-order valence-electron chi connectivity index (χ2n) is 5.92. The third-order valence-electron chi connectivity index (χ3n) is 3.64. The number of hydrogen-bond donors (Lipinski definition) is 1. The molecule has 0 spiro atoms. The smallest absolute Gasteiger partial charge is 0.348 e. The lowest BCUT2D eigenvalue weighted by atomic mass is 10.1. The maximum absolute atomic E-state index is 12.2. The molecule has 2 heterocycles. The average molecular weight is 418 g/mol. The first kappa shape index (κ1) is 20.1. The molecule has 0 aliphatic rings. The molecule has 0 saturated heterocycles. The molecule has 0 atom stereocenters. The number of hydrogen-bond acceptors (Lipinski definition) is 8. The zero-order valence-electron chi connectivity index (χ0n) is 15.6. The number of carbonyl (C=O) groups is 2. The van der Waals surface area contributed by atoms with E-state index in [1.54, 1.807) is 19.9 Å². The van der Waals surface area contributed by atoms with Gasteiger partial charge < -0.3 is 14.5 Å². The van der Waals surface area contributed by atoms with Crippen molar-refractivity contribution < 1.29 is 18.7 Å². The van der Waals surface area contributed by atoms with Crippen LogP contribution in [-0.4, -0.2) is 34.4 Å². The summed E-state index contributed by atoms with van der Waals surface area (Å²) in [7, 11) is 0. The van der Waals surface area contributed by atoms with Crippen LogP contribution >= 0.6 is 23.1 Å². The highest BCUT2D eigenvalue weighted by molar-refractivity contribution is 7.99. The molecule has 2 aromatic heterocycles. The molecular weight excluding hydrogens is 398 g/mol. The van der Waals surface area contributed by atoms with E-state index in [9.17, 15) is 9.59 Å². The maximum atomic E-state index is 12.2. The Morgan fingerprint density at radius 1 is 1.25 bits per heavy atom. The molecule has 3 aromatic rings. The first-order valence-electron chi connectivity index (χ1n) is 8.57. The molecule has 1 N–H and O–H groups in total. The lowest BCUT2D eigenvalue weighted by Crippen LogP contribution is -2.13. The third kappa shape index (κ3) is 4.99. The van der Waals surface area contributed by atoms with Crippen LogP contribution in [0.2, 0.25) is 0 Å². The fourth-order valence-corrected chi connectivity index (χ4v) is 3.95. The van der Waals surface area contributed by atoms with Crippen molar-refractivity contribution in [2.24, 2.45) is 0 Å². The van der Waals surface area contributed by atoms with E-state index in [-0.39, 0.29) is 17.6 Å². The second-order valence-corrected chi connectivity index (χ2v) is 7.90. The summed E-state index contributed by atoms with van der Waals surface area (Å²) in [6.07, 6.45) is 0. The van der Waals surface area contributed by atoms with Gasteiger partial charge in [0.15, 0.2) is 0 Å². The van der Waals surface area contributed by atoms with Crippen molar-refractivity contribution in [3.8, 4) is 11.5 Å². The van der Waals surface area contributed by atoms with Crippen LogP contribution in [0.5, 0.6) is 0 Å². The highest BCUT2D eigenvalue weighted by atomic mass is 32.2. The molecule has 0 aliphatic carbocycles. The molecule has 0 bridgehead atoms. The zero-order valence-corrected chi connectivity index (χ0v) is 17.3. The van der Waals surface area contributed by atoms with Gasteiger partial charge >= 0.3 is 5.97 Å². The Morgan fingerprint density at radius 3 is 2.82 bits per heavy atom. The summed E-state index contributed by atoms with van der Waals surface area (Å²) >= 11 is 2.35. The predicted molar refractivity (Wildman–Crippen MR) is 109 cm³/mol. The van der Waals surface area contributed by atoms with Crippen molar-refractivity contribution in [1.29, 1.82) is 0 Å². The van der Waals surface area contributed by atoms with E-state index in [4.69, 9.17) is 9.15 Å². The SMILES string of the molecule is CCOC(=O)c1sc(NC(=O)CSc2nnc(-c3cccc(C)c3)o2)cc1C. The number of nitrogens with zero attached hydrogens (tertiary/aromatic N) is 2. The molecule has 0 aliphatic heterocycles. The van der Waals surface area contributed by atoms with E-state index in [1.165, 1.54) is 11.3 Å². The Balaban J connectivity index is 1.56. The molecule has 0 unspecified atom stereocenters. The van der Waals surface area contributed by atoms with Crippen LogP contribution in [-0.2, 0) is 9.53 Å². The molecule has 3 rings (SSSR count). The van der Waals surface area contributed by atoms with Gasteiger partial charge in [-0.2, -0.15) is 0 Å². The van der Waals surface area contributed by atoms with Gasteiger partial charge in [-0.3, -0.25) is 4.79 Å². The number of thioether (sulfide) groups is 1. The van der Waals surface area contributed by atoms with Crippen molar-refractivity contribution in [2.45, 2.75) is 26.0 Å². The lowest BCUT2D eigenvalue weighted by Gasteiger charge is -2.00. The highest BCUT2D eigenvalue weighted by Gasteiger charge is 2.17. The minimum Gasteiger partial charge on any atom is -0.462 e.